The first-order chi connectivity index (χ1) is 14.6. The quantitative estimate of drug-likeness (QED) is 0.563. The van der Waals surface area contributed by atoms with Gasteiger partial charge in [0.25, 0.3) is 5.22 Å². The van der Waals surface area contributed by atoms with Crippen molar-refractivity contribution in [2.45, 2.75) is 31.9 Å². The van der Waals surface area contributed by atoms with Crippen LogP contribution in [-0.2, 0) is 4.79 Å². The molecule has 1 amide bonds. The van der Waals surface area contributed by atoms with E-state index in [0.29, 0.717) is 11.1 Å². The second kappa shape index (κ2) is 9.34. The molecule has 0 spiro atoms. The number of carbonyl (C=O) groups excluding carboxylic acids is 1. The first-order valence-corrected chi connectivity index (χ1v) is 11.2. The fourth-order valence-corrected chi connectivity index (χ4v) is 3.99. The third-order valence-electron chi connectivity index (χ3n) is 5.33. The zero-order valence-electron chi connectivity index (χ0n) is 17.3. The van der Waals surface area contributed by atoms with Crippen molar-refractivity contribution in [1.82, 2.24) is 10.2 Å². The minimum Gasteiger partial charge on any atom is -0.411 e. The number of carbonyl (C=O) groups is 1. The van der Waals surface area contributed by atoms with Crippen LogP contribution in [0.3, 0.4) is 0 Å². The lowest BCUT2D eigenvalue weighted by atomic mass is 9.99. The van der Waals surface area contributed by atoms with Crippen LogP contribution in [0.2, 0.25) is 0 Å². The molecule has 0 bridgehead atoms. The van der Waals surface area contributed by atoms with Gasteiger partial charge in [0, 0.05) is 30.0 Å². The number of nitrogens with one attached hydrogen (secondary N) is 1. The van der Waals surface area contributed by atoms with Crippen LogP contribution in [0.1, 0.15) is 25.3 Å². The molecule has 1 saturated heterocycles. The summed E-state index contributed by atoms with van der Waals surface area (Å²) in [6.45, 7) is 6.53. The minimum absolute atomic E-state index is 0.102. The first-order valence-electron chi connectivity index (χ1n) is 10.2. The maximum Gasteiger partial charge on any atom is 0.277 e. The van der Waals surface area contributed by atoms with Crippen LogP contribution >= 0.6 is 11.8 Å². The average molecular weight is 423 g/mol. The fraction of sp³-hybridized carbons (Fsp3) is 0.348. The van der Waals surface area contributed by atoms with E-state index >= 15 is 0 Å². The zero-order chi connectivity index (χ0) is 20.9. The SMILES string of the molecule is Cc1ccc(-c2nnc(SCC(=O)Nc3ccc(N4CCC(C)CC4)cc3)o2)cc1. The summed E-state index contributed by atoms with van der Waals surface area (Å²) in [7, 11) is 0. The van der Waals surface area contributed by atoms with Crippen molar-refractivity contribution < 1.29 is 9.21 Å². The van der Waals surface area contributed by atoms with Crippen LogP contribution < -0.4 is 10.2 Å². The van der Waals surface area contributed by atoms with Crippen LogP contribution in [0.15, 0.2) is 58.2 Å². The van der Waals surface area contributed by atoms with Gasteiger partial charge in [-0.3, -0.25) is 4.79 Å². The summed E-state index contributed by atoms with van der Waals surface area (Å²) < 4.78 is 5.66. The Bertz CT molecular complexity index is 977. The Balaban J connectivity index is 1.27. The molecule has 156 valence electrons. The monoisotopic (exact) mass is 422 g/mol. The predicted octanol–water partition coefficient (Wildman–Crippen LogP) is 5.01. The van der Waals surface area contributed by atoms with Gasteiger partial charge in [0.05, 0.1) is 5.75 Å². The third kappa shape index (κ3) is 5.21. The Morgan fingerprint density at radius 1 is 1.10 bits per heavy atom. The van der Waals surface area contributed by atoms with E-state index in [1.807, 2.05) is 43.3 Å². The van der Waals surface area contributed by atoms with Gasteiger partial charge in [0.15, 0.2) is 0 Å². The van der Waals surface area contributed by atoms with Gasteiger partial charge >= 0.3 is 0 Å². The molecule has 6 nitrogen and oxygen atoms in total. The molecule has 0 atom stereocenters. The van der Waals surface area contributed by atoms with Crippen molar-refractivity contribution in [3.8, 4) is 11.5 Å². The molecule has 1 aromatic heterocycles. The van der Waals surface area contributed by atoms with Crippen LogP contribution in [0.5, 0.6) is 0 Å². The molecule has 2 heterocycles. The van der Waals surface area contributed by atoms with Crippen LogP contribution in [0, 0.1) is 12.8 Å². The van der Waals surface area contributed by atoms with Crippen molar-refractivity contribution in [2.75, 3.05) is 29.1 Å². The Morgan fingerprint density at radius 3 is 2.50 bits per heavy atom. The Hall–Kier alpha value is -2.80. The van der Waals surface area contributed by atoms with Gasteiger partial charge in [0.2, 0.25) is 11.8 Å². The Labute approximate surface area is 181 Å². The summed E-state index contributed by atoms with van der Waals surface area (Å²) in [6.07, 6.45) is 2.47. The number of benzene rings is 2. The molecule has 3 aromatic rings. The molecule has 1 fully saturated rings. The van der Waals surface area contributed by atoms with E-state index in [2.05, 4.69) is 39.5 Å². The summed E-state index contributed by atoms with van der Waals surface area (Å²) in [5, 5.41) is 11.4. The molecule has 30 heavy (non-hydrogen) atoms. The highest BCUT2D eigenvalue weighted by Crippen LogP contribution is 2.25. The highest BCUT2D eigenvalue weighted by molar-refractivity contribution is 7.99. The zero-order valence-corrected chi connectivity index (χ0v) is 18.1. The molecule has 0 aliphatic carbocycles. The maximum absolute atomic E-state index is 12.3. The largest absolute Gasteiger partial charge is 0.411 e. The molecule has 0 unspecified atom stereocenters. The lowest BCUT2D eigenvalue weighted by Gasteiger charge is -2.32. The van der Waals surface area contributed by atoms with Crippen molar-refractivity contribution in [3.05, 3.63) is 54.1 Å². The first kappa shape index (κ1) is 20.5. The molecule has 7 heteroatoms. The summed E-state index contributed by atoms with van der Waals surface area (Å²) in [5.74, 6) is 1.38. The van der Waals surface area contributed by atoms with E-state index < -0.39 is 0 Å². The van der Waals surface area contributed by atoms with Crippen molar-refractivity contribution in [1.29, 1.82) is 0 Å². The Morgan fingerprint density at radius 2 is 1.80 bits per heavy atom. The van der Waals surface area contributed by atoms with Gasteiger partial charge < -0.3 is 14.6 Å². The van der Waals surface area contributed by atoms with Crippen LogP contribution in [-0.4, -0.2) is 34.9 Å². The number of thioether (sulfide) groups is 1. The van der Waals surface area contributed by atoms with Gasteiger partial charge in [-0.2, -0.15) is 0 Å². The van der Waals surface area contributed by atoms with Gasteiger partial charge in [-0.1, -0.05) is 36.4 Å². The maximum atomic E-state index is 12.3. The van der Waals surface area contributed by atoms with Gasteiger partial charge in [0.1, 0.15) is 0 Å². The predicted molar refractivity (Wildman–Crippen MR) is 121 cm³/mol. The number of hydrogen-bond donors (Lipinski definition) is 1. The number of amides is 1. The molecule has 1 aliphatic heterocycles. The smallest absolute Gasteiger partial charge is 0.277 e. The Kier molecular flexibility index (Phi) is 6.38. The summed E-state index contributed by atoms with van der Waals surface area (Å²) >= 11 is 1.23. The van der Waals surface area contributed by atoms with E-state index in [9.17, 15) is 4.79 Å². The second-order valence-electron chi connectivity index (χ2n) is 7.79. The van der Waals surface area contributed by atoms with Crippen LogP contribution in [0.4, 0.5) is 11.4 Å². The van der Waals surface area contributed by atoms with E-state index in [-0.39, 0.29) is 11.7 Å². The standard InChI is InChI=1S/C23H26N4O2S/c1-16-3-5-18(6-4-16)22-25-26-23(29-22)30-15-21(28)24-19-7-9-20(10-8-19)27-13-11-17(2)12-14-27/h3-10,17H,11-15H2,1-2H3,(H,24,28). The molecular weight excluding hydrogens is 396 g/mol. The molecule has 2 aromatic carbocycles. The van der Waals surface area contributed by atoms with Crippen molar-refractivity contribution in [2.24, 2.45) is 5.92 Å². The van der Waals surface area contributed by atoms with E-state index in [0.717, 1.165) is 30.3 Å². The number of aromatic nitrogens is 2. The fourth-order valence-electron chi connectivity index (χ4n) is 3.43. The number of piperidine rings is 1. The number of aryl methyl sites for hydroxylation is 1. The number of nitrogens with zero attached hydrogens (tertiary/aromatic N) is 3. The van der Waals surface area contributed by atoms with Gasteiger partial charge in [-0.25, -0.2) is 0 Å². The highest BCUT2D eigenvalue weighted by Gasteiger charge is 2.16. The topological polar surface area (TPSA) is 71.3 Å². The third-order valence-corrected chi connectivity index (χ3v) is 6.15. The van der Waals surface area contributed by atoms with Crippen LogP contribution in [0.25, 0.3) is 11.5 Å². The minimum atomic E-state index is -0.102. The molecule has 0 radical (unpaired) electrons. The normalized spacial score (nSPS) is 14.7. The lowest BCUT2D eigenvalue weighted by Crippen LogP contribution is -2.32. The summed E-state index contributed by atoms with van der Waals surface area (Å²) in [5.41, 5.74) is 4.04. The summed E-state index contributed by atoms with van der Waals surface area (Å²) in [6, 6.07) is 15.9. The molecule has 1 N–H and O–H groups in total. The number of rotatable bonds is 6. The van der Waals surface area contributed by atoms with Gasteiger partial charge in [-0.15, -0.1) is 10.2 Å². The molecule has 1 aliphatic rings. The molecular formula is C23H26N4O2S. The van der Waals surface area contributed by atoms with E-state index in [1.165, 1.54) is 35.9 Å². The average Bonchev–Trinajstić information content (AvgIpc) is 3.23. The van der Waals surface area contributed by atoms with Crippen molar-refractivity contribution in [3.63, 3.8) is 0 Å². The van der Waals surface area contributed by atoms with Gasteiger partial charge in [-0.05, 0) is 62.1 Å². The van der Waals surface area contributed by atoms with E-state index in [1.54, 1.807) is 0 Å². The number of anilines is 2. The molecule has 0 saturated carbocycles. The number of hydrogen-bond acceptors (Lipinski definition) is 6. The van der Waals surface area contributed by atoms with Crippen molar-refractivity contribution >= 4 is 29.0 Å². The molecule has 4 rings (SSSR count). The lowest BCUT2D eigenvalue weighted by molar-refractivity contribution is -0.113. The van der Waals surface area contributed by atoms with E-state index in [4.69, 9.17) is 4.42 Å². The second-order valence-corrected chi connectivity index (χ2v) is 8.72. The summed E-state index contributed by atoms with van der Waals surface area (Å²) in [4.78, 5) is 14.7. The highest BCUT2D eigenvalue weighted by atomic mass is 32.2.